The van der Waals surface area contributed by atoms with Gasteiger partial charge in [-0.3, -0.25) is 10.2 Å². The van der Waals surface area contributed by atoms with Crippen molar-refractivity contribution in [3.63, 3.8) is 0 Å². The zero-order valence-corrected chi connectivity index (χ0v) is 21.5. The molecule has 14 heteroatoms. The van der Waals surface area contributed by atoms with Crippen LogP contribution >= 0.6 is 0 Å². The Bertz CT molecular complexity index is 1430. The van der Waals surface area contributed by atoms with Crippen molar-refractivity contribution in [3.8, 4) is 6.07 Å². The molecule has 0 aliphatic carbocycles. The average molecular weight is 530 g/mol. The molecule has 3 aliphatic heterocycles. The van der Waals surface area contributed by atoms with Crippen molar-refractivity contribution in [2.45, 2.75) is 38.5 Å². The number of hydrazone groups is 1. The quantitative estimate of drug-likeness (QED) is 0.299. The summed E-state index contributed by atoms with van der Waals surface area (Å²) < 4.78 is 0. The minimum Gasteiger partial charge on any atom is -0.357 e. The van der Waals surface area contributed by atoms with E-state index in [-0.39, 0.29) is 5.56 Å². The van der Waals surface area contributed by atoms with E-state index in [1.807, 2.05) is 12.1 Å². The van der Waals surface area contributed by atoms with E-state index >= 15 is 0 Å². The topological polar surface area (TPSA) is 175 Å². The Hall–Kier alpha value is -4.51. The number of nitriles is 1. The van der Waals surface area contributed by atoms with Gasteiger partial charge >= 0.3 is 0 Å². The molecule has 0 bridgehead atoms. The second kappa shape index (κ2) is 11.1. The van der Waals surface area contributed by atoms with Crippen molar-refractivity contribution >= 4 is 40.0 Å². The number of nitrogens with one attached hydrogen (secondary N) is 5. The number of nitrogens with zero attached hydrogens (tertiary/aromatic N) is 8. The predicted molar refractivity (Wildman–Crippen MR) is 147 cm³/mol. The SMILES string of the molecule is N#CCC1CCN(c2nc(Nc3ccc(N4CCC(CC5=NNNN5)CC4)nc3)c3c(=O)[nH]ncc3n2)CC1. The van der Waals surface area contributed by atoms with Gasteiger partial charge in [0.25, 0.3) is 5.56 Å². The van der Waals surface area contributed by atoms with Gasteiger partial charge in [-0.05, 0) is 49.7 Å². The van der Waals surface area contributed by atoms with Crippen molar-refractivity contribution < 1.29 is 0 Å². The van der Waals surface area contributed by atoms with Crippen molar-refractivity contribution in [1.29, 1.82) is 5.26 Å². The average Bonchev–Trinajstić information content (AvgIpc) is 3.48. The first kappa shape index (κ1) is 24.8. The van der Waals surface area contributed by atoms with Gasteiger partial charge < -0.3 is 15.1 Å². The Balaban J connectivity index is 1.16. The molecule has 0 amide bonds. The molecule has 2 fully saturated rings. The summed E-state index contributed by atoms with van der Waals surface area (Å²) in [6.45, 7) is 3.40. The highest BCUT2D eigenvalue weighted by Gasteiger charge is 2.24. The molecule has 0 atom stereocenters. The van der Waals surface area contributed by atoms with Crippen LogP contribution in [-0.2, 0) is 0 Å². The highest BCUT2D eigenvalue weighted by atomic mass is 16.1. The van der Waals surface area contributed by atoms with E-state index in [9.17, 15) is 4.79 Å². The fourth-order valence-electron chi connectivity index (χ4n) is 5.43. The smallest absolute Gasteiger partial charge is 0.277 e. The number of hydrogen-bond donors (Lipinski definition) is 5. The van der Waals surface area contributed by atoms with Crippen molar-refractivity contribution in [2.24, 2.45) is 16.9 Å². The third-order valence-corrected chi connectivity index (χ3v) is 7.67. The molecule has 0 radical (unpaired) electrons. The van der Waals surface area contributed by atoms with E-state index in [1.165, 1.54) is 0 Å². The third kappa shape index (κ3) is 5.53. The fraction of sp³-hybridized carbons (Fsp3) is 0.480. The number of rotatable bonds is 7. The molecule has 3 aromatic rings. The number of aromatic nitrogens is 5. The molecule has 3 aromatic heterocycles. The molecule has 0 spiro atoms. The second-order valence-electron chi connectivity index (χ2n) is 10.2. The number of H-pyrrole nitrogens is 1. The summed E-state index contributed by atoms with van der Waals surface area (Å²) >= 11 is 0. The Morgan fingerprint density at radius 1 is 1.03 bits per heavy atom. The summed E-state index contributed by atoms with van der Waals surface area (Å²) in [7, 11) is 0. The maximum atomic E-state index is 12.7. The van der Waals surface area contributed by atoms with E-state index in [1.54, 1.807) is 12.4 Å². The van der Waals surface area contributed by atoms with Gasteiger partial charge in [0.15, 0.2) is 0 Å². The molecular formula is C25H31N13O. The van der Waals surface area contributed by atoms with Gasteiger partial charge in [-0.2, -0.15) is 15.3 Å². The molecule has 39 heavy (non-hydrogen) atoms. The lowest BCUT2D eigenvalue weighted by Crippen LogP contribution is -2.38. The number of pyridine rings is 1. The molecule has 0 saturated carbocycles. The number of hydrazine groups is 2. The van der Waals surface area contributed by atoms with Gasteiger partial charge in [-0.1, -0.05) is 0 Å². The molecule has 14 nitrogen and oxygen atoms in total. The number of aromatic amines is 1. The summed E-state index contributed by atoms with van der Waals surface area (Å²) in [4.78, 5) is 31.1. The molecule has 202 valence electrons. The normalized spacial score (nSPS) is 18.4. The van der Waals surface area contributed by atoms with Crippen LogP contribution in [0.25, 0.3) is 10.9 Å². The van der Waals surface area contributed by atoms with Crippen molar-refractivity contribution in [1.82, 2.24) is 41.6 Å². The van der Waals surface area contributed by atoms with Crippen LogP contribution < -0.4 is 37.2 Å². The minimum atomic E-state index is -0.355. The first-order valence-corrected chi connectivity index (χ1v) is 13.3. The Kier molecular flexibility index (Phi) is 7.05. The van der Waals surface area contributed by atoms with Crippen LogP contribution in [0.4, 0.5) is 23.3 Å². The van der Waals surface area contributed by atoms with Crippen molar-refractivity contribution in [3.05, 3.63) is 34.9 Å². The summed E-state index contributed by atoms with van der Waals surface area (Å²) in [6.07, 6.45) is 8.77. The number of hydrogen-bond acceptors (Lipinski definition) is 13. The largest absolute Gasteiger partial charge is 0.357 e. The Labute approximate surface area is 224 Å². The van der Waals surface area contributed by atoms with Crippen LogP contribution in [0, 0.1) is 23.2 Å². The van der Waals surface area contributed by atoms with E-state index < -0.39 is 0 Å². The lowest BCUT2D eigenvalue weighted by atomic mass is 9.93. The maximum absolute atomic E-state index is 12.7. The highest BCUT2D eigenvalue weighted by Crippen LogP contribution is 2.29. The first-order chi connectivity index (χ1) is 19.2. The lowest BCUT2D eigenvalue weighted by Gasteiger charge is -2.32. The van der Waals surface area contributed by atoms with E-state index in [0.717, 1.165) is 75.6 Å². The monoisotopic (exact) mass is 529 g/mol. The Morgan fingerprint density at radius 3 is 2.54 bits per heavy atom. The molecule has 0 aromatic carbocycles. The van der Waals surface area contributed by atoms with Gasteiger partial charge in [-0.25, -0.2) is 20.6 Å². The number of fused-ring (bicyclic) bond motifs is 1. The number of amidine groups is 1. The minimum absolute atomic E-state index is 0.353. The molecule has 6 rings (SSSR count). The predicted octanol–water partition coefficient (Wildman–Crippen LogP) is 1.51. The standard InChI is InChI=1S/C25H31N13O/c26-8-3-16-4-11-38(12-5-16)25-30-19-15-28-34-24(39)22(19)23(31-25)29-18-1-2-21(27-14-18)37-9-6-17(7-10-37)13-20-32-35-36-33-20/h1-2,14-17,35-36H,3-7,9-13H2,(H,32,33)(H,34,39)(H,29,30,31). The zero-order valence-electron chi connectivity index (χ0n) is 21.5. The number of anilines is 4. The zero-order chi connectivity index (χ0) is 26.6. The summed E-state index contributed by atoms with van der Waals surface area (Å²) in [5.74, 6) is 3.82. The van der Waals surface area contributed by atoms with Gasteiger partial charge in [0.05, 0.1) is 24.2 Å². The van der Waals surface area contributed by atoms with Gasteiger partial charge in [0, 0.05) is 39.0 Å². The second-order valence-corrected chi connectivity index (χ2v) is 10.2. The molecule has 3 aliphatic rings. The van der Waals surface area contributed by atoms with E-state index in [2.05, 4.69) is 58.0 Å². The Morgan fingerprint density at radius 2 is 1.82 bits per heavy atom. The van der Waals surface area contributed by atoms with Gasteiger partial charge in [0.1, 0.15) is 28.4 Å². The first-order valence-electron chi connectivity index (χ1n) is 13.3. The number of piperidine rings is 2. The van der Waals surface area contributed by atoms with Crippen LogP contribution in [0.3, 0.4) is 0 Å². The summed E-state index contributed by atoms with van der Waals surface area (Å²) in [6, 6.07) is 6.23. The van der Waals surface area contributed by atoms with Crippen LogP contribution in [0.5, 0.6) is 0 Å². The highest BCUT2D eigenvalue weighted by molar-refractivity contribution is 5.90. The molecule has 6 heterocycles. The molecule has 2 saturated heterocycles. The van der Waals surface area contributed by atoms with Crippen LogP contribution in [0.2, 0.25) is 0 Å². The van der Waals surface area contributed by atoms with Gasteiger partial charge in [-0.15, -0.1) is 10.6 Å². The molecule has 0 unspecified atom stereocenters. The van der Waals surface area contributed by atoms with E-state index in [4.69, 9.17) is 15.2 Å². The molecular weight excluding hydrogens is 498 g/mol. The van der Waals surface area contributed by atoms with E-state index in [0.29, 0.717) is 40.9 Å². The third-order valence-electron chi connectivity index (χ3n) is 7.67. The maximum Gasteiger partial charge on any atom is 0.277 e. The van der Waals surface area contributed by atoms with Crippen LogP contribution in [-0.4, -0.2) is 57.2 Å². The van der Waals surface area contributed by atoms with Gasteiger partial charge in [0.2, 0.25) is 5.95 Å². The molecule has 5 N–H and O–H groups in total. The van der Waals surface area contributed by atoms with Crippen LogP contribution in [0.15, 0.2) is 34.4 Å². The lowest BCUT2D eigenvalue weighted by molar-refractivity contribution is 0.409. The fourth-order valence-corrected chi connectivity index (χ4v) is 5.43. The van der Waals surface area contributed by atoms with Crippen LogP contribution in [0.1, 0.15) is 38.5 Å². The summed E-state index contributed by atoms with van der Waals surface area (Å²) in [5, 5.41) is 23.3. The van der Waals surface area contributed by atoms with Crippen molar-refractivity contribution in [2.75, 3.05) is 41.3 Å². The summed E-state index contributed by atoms with van der Waals surface area (Å²) in [5.41, 5.74) is 9.38.